The first kappa shape index (κ1) is 14.5. The quantitative estimate of drug-likeness (QED) is 0.689. The third kappa shape index (κ3) is 4.64. The van der Waals surface area contributed by atoms with Crippen LogP contribution in [0.4, 0.5) is 0 Å². The molecule has 1 aliphatic carbocycles. The number of rotatable bonds is 1. The summed E-state index contributed by atoms with van der Waals surface area (Å²) in [5, 5.41) is 20.2. The number of allylic oxidation sites excluding steroid dienone is 2. The van der Waals surface area contributed by atoms with Crippen molar-refractivity contribution in [1.82, 2.24) is 0 Å². The van der Waals surface area contributed by atoms with Gasteiger partial charge >= 0.3 is 0 Å². The number of aliphatic hydroxyl groups excluding tert-OH is 1. The van der Waals surface area contributed by atoms with Gasteiger partial charge in [0, 0.05) is 5.92 Å². The lowest BCUT2D eigenvalue weighted by Gasteiger charge is -2.30. The van der Waals surface area contributed by atoms with E-state index >= 15 is 0 Å². The molecule has 17 heavy (non-hydrogen) atoms. The van der Waals surface area contributed by atoms with E-state index < -0.39 is 11.7 Å². The Kier molecular flexibility index (Phi) is 4.96. The van der Waals surface area contributed by atoms with Crippen LogP contribution in [-0.2, 0) is 0 Å². The predicted octanol–water partition coefficient (Wildman–Crippen LogP) is 3.06. The maximum Gasteiger partial charge on any atom is 0.0754 e. The van der Waals surface area contributed by atoms with Crippen molar-refractivity contribution in [3.8, 4) is 0 Å². The van der Waals surface area contributed by atoms with Crippen molar-refractivity contribution in [3.63, 3.8) is 0 Å². The normalized spacial score (nSPS) is 37.1. The van der Waals surface area contributed by atoms with E-state index in [0.29, 0.717) is 12.3 Å². The molecule has 2 nitrogen and oxygen atoms in total. The van der Waals surface area contributed by atoms with Crippen LogP contribution in [-0.4, -0.2) is 21.9 Å². The van der Waals surface area contributed by atoms with Gasteiger partial charge in [-0.05, 0) is 51.5 Å². The summed E-state index contributed by atoms with van der Waals surface area (Å²) in [6, 6.07) is 0. The minimum absolute atomic E-state index is 0.00130. The lowest BCUT2D eigenvalue weighted by atomic mass is 9.83. The summed E-state index contributed by atoms with van der Waals surface area (Å²) in [5.41, 5.74) is 0.248. The van der Waals surface area contributed by atoms with Gasteiger partial charge in [-0.1, -0.05) is 25.2 Å². The molecule has 0 unspecified atom stereocenters. The lowest BCUT2D eigenvalue weighted by molar-refractivity contribution is 0.0178. The number of hydrogen-bond acceptors (Lipinski definition) is 2. The van der Waals surface area contributed by atoms with Crippen LogP contribution in [0.15, 0.2) is 23.8 Å². The summed E-state index contributed by atoms with van der Waals surface area (Å²) in [6.45, 7) is 7.79. The van der Waals surface area contributed by atoms with Crippen molar-refractivity contribution in [3.05, 3.63) is 23.8 Å². The molecule has 0 heterocycles. The second kappa shape index (κ2) is 5.83. The first-order valence-corrected chi connectivity index (χ1v) is 6.56. The topological polar surface area (TPSA) is 40.5 Å². The summed E-state index contributed by atoms with van der Waals surface area (Å²) < 4.78 is 0. The van der Waals surface area contributed by atoms with Gasteiger partial charge < -0.3 is 10.2 Å². The second-order valence-corrected chi connectivity index (χ2v) is 5.90. The van der Waals surface area contributed by atoms with Gasteiger partial charge in [-0.15, -0.1) is 0 Å². The minimum Gasteiger partial charge on any atom is -0.390 e. The zero-order valence-corrected chi connectivity index (χ0v) is 11.5. The van der Waals surface area contributed by atoms with Gasteiger partial charge in [0.1, 0.15) is 0 Å². The number of aliphatic hydroxyl groups is 2. The average Bonchev–Trinajstić information content (AvgIpc) is 2.21. The molecule has 0 radical (unpaired) electrons. The average molecular weight is 238 g/mol. The van der Waals surface area contributed by atoms with Crippen molar-refractivity contribution >= 4 is 0 Å². The van der Waals surface area contributed by atoms with Crippen LogP contribution in [0, 0.1) is 11.8 Å². The van der Waals surface area contributed by atoms with Crippen LogP contribution < -0.4 is 0 Å². The third-order valence-corrected chi connectivity index (χ3v) is 3.67. The van der Waals surface area contributed by atoms with Gasteiger partial charge in [0.15, 0.2) is 0 Å². The molecule has 0 aromatic heterocycles. The van der Waals surface area contributed by atoms with Crippen LogP contribution in [0.1, 0.15) is 47.0 Å². The highest BCUT2D eigenvalue weighted by atomic mass is 16.3. The standard InChI is InChI=1S/C15H26O2/c1-11-6-5-7-12(2)14(16)10-13(9-8-11)15(3,4)17/h7-9,11,13-14,16-17H,5-6,10H2,1-4H3/b9-8+,12-7+/t11-,13-,14-/m0/s1. The Morgan fingerprint density at radius 1 is 1.29 bits per heavy atom. The SMILES string of the molecule is C/C1=C\CC[C@H](C)/C=C/[C@H](C(C)(C)O)C[C@@H]1O. The highest BCUT2D eigenvalue weighted by molar-refractivity contribution is 5.09. The molecular weight excluding hydrogens is 212 g/mol. The smallest absolute Gasteiger partial charge is 0.0754 e. The van der Waals surface area contributed by atoms with E-state index in [1.807, 2.05) is 20.8 Å². The Hall–Kier alpha value is -0.600. The van der Waals surface area contributed by atoms with Crippen LogP contribution >= 0.6 is 0 Å². The molecule has 98 valence electrons. The molecule has 0 saturated heterocycles. The zero-order valence-electron chi connectivity index (χ0n) is 11.5. The first-order chi connectivity index (χ1) is 7.80. The van der Waals surface area contributed by atoms with Crippen molar-refractivity contribution in [2.45, 2.75) is 58.7 Å². The van der Waals surface area contributed by atoms with Crippen LogP contribution in [0.25, 0.3) is 0 Å². The summed E-state index contributed by atoms with van der Waals surface area (Å²) in [5.74, 6) is 0.528. The third-order valence-electron chi connectivity index (χ3n) is 3.67. The molecule has 0 fully saturated rings. The lowest BCUT2D eigenvalue weighted by Crippen LogP contribution is -2.32. The highest BCUT2D eigenvalue weighted by Gasteiger charge is 2.27. The van der Waals surface area contributed by atoms with Gasteiger partial charge in [0.05, 0.1) is 11.7 Å². The highest BCUT2D eigenvalue weighted by Crippen LogP contribution is 2.27. The van der Waals surface area contributed by atoms with Gasteiger partial charge in [-0.3, -0.25) is 0 Å². The van der Waals surface area contributed by atoms with Gasteiger partial charge in [0.25, 0.3) is 0 Å². The largest absolute Gasteiger partial charge is 0.390 e. The summed E-state index contributed by atoms with van der Waals surface area (Å²) >= 11 is 0. The Labute approximate surface area is 105 Å². The van der Waals surface area contributed by atoms with E-state index in [4.69, 9.17) is 0 Å². The predicted molar refractivity (Wildman–Crippen MR) is 71.7 cm³/mol. The molecule has 2 N–H and O–H groups in total. The molecule has 1 aliphatic rings. The molecular formula is C15H26O2. The Balaban J connectivity index is 2.89. The minimum atomic E-state index is -0.781. The number of hydrogen-bond donors (Lipinski definition) is 2. The van der Waals surface area contributed by atoms with Crippen LogP contribution in [0.3, 0.4) is 0 Å². The van der Waals surface area contributed by atoms with Crippen molar-refractivity contribution < 1.29 is 10.2 Å². The van der Waals surface area contributed by atoms with Gasteiger partial charge in [0.2, 0.25) is 0 Å². The fourth-order valence-corrected chi connectivity index (χ4v) is 2.16. The second-order valence-electron chi connectivity index (χ2n) is 5.90. The Morgan fingerprint density at radius 3 is 2.53 bits per heavy atom. The molecule has 3 atom stereocenters. The molecule has 1 rings (SSSR count). The summed E-state index contributed by atoms with van der Waals surface area (Å²) in [7, 11) is 0. The molecule has 0 aromatic rings. The fraction of sp³-hybridized carbons (Fsp3) is 0.733. The molecule has 0 aromatic carbocycles. The molecule has 0 aliphatic heterocycles. The van der Waals surface area contributed by atoms with E-state index in [-0.39, 0.29) is 5.92 Å². The molecule has 0 bridgehead atoms. The Morgan fingerprint density at radius 2 is 1.94 bits per heavy atom. The van der Waals surface area contributed by atoms with Gasteiger partial charge in [-0.25, -0.2) is 0 Å². The molecule has 0 amide bonds. The Bertz CT molecular complexity index is 297. The van der Waals surface area contributed by atoms with Crippen LogP contribution in [0.2, 0.25) is 0 Å². The first-order valence-electron chi connectivity index (χ1n) is 6.56. The molecule has 0 saturated carbocycles. The summed E-state index contributed by atoms with van der Waals surface area (Å²) in [6.07, 6.45) is 8.64. The van der Waals surface area contributed by atoms with E-state index in [2.05, 4.69) is 25.2 Å². The van der Waals surface area contributed by atoms with Crippen molar-refractivity contribution in [2.75, 3.05) is 0 Å². The maximum absolute atomic E-state index is 10.1. The van der Waals surface area contributed by atoms with Crippen molar-refractivity contribution in [2.24, 2.45) is 11.8 Å². The van der Waals surface area contributed by atoms with Crippen LogP contribution in [0.5, 0.6) is 0 Å². The van der Waals surface area contributed by atoms with E-state index in [0.717, 1.165) is 18.4 Å². The summed E-state index contributed by atoms with van der Waals surface area (Å²) in [4.78, 5) is 0. The molecule has 2 heteroatoms. The maximum atomic E-state index is 10.1. The fourth-order valence-electron chi connectivity index (χ4n) is 2.16. The molecule has 0 spiro atoms. The van der Waals surface area contributed by atoms with E-state index in [9.17, 15) is 10.2 Å². The van der Waals surface area contributed by atoms with E-state index in [1.54, 1.807) is 0 Å². The monoisotopic (exact) mass is 238 g/mol. The van der Waals surface area contributed by atoms with Crippen molar-refractivity contribution in [1.29, 1.82) is 0 Å². The van der Waals surface area contributed by atoms with Gasteiger partial charge in [-0.2, -0.15) is 0 Å². The zero-order chi connectivity index (χ0) is 13.1. The van der Waals surface area contributed by atoms with E-state index in [1.165, 1.54) is 0 Å².